The first-order chi connectivity index (χ1) is 43.0. The number of carbonyl (C=O) groups excluding carboxylic acids is 8. The summed E-state index contributed by atoms with van der Waals surface area (Å²) < 4.78 is 53.8. The van der Waals surface area contributed by atoms with Gasteiger partial charge in [0.2, 0.25) is 47.3 Å². The minimum Gasteiger partial charge on any atom is -0.396 e. The van der Waals surface area contributed by atoms with Crippen molar-refractivity contribution in [3.63, 3.8) is 0 Å². The monoisotopic (exact) mass is 1320 g/mol. The fourth-order valence-electron chi connectivity index (χ4n) is 9.38. The lowest BCUT2D eigenvalue weighted by Gasteiger charge is -2.42. The Bertz CT molecular complexity index is 2130. The molecule has 2 fully saturated rings. The molecule has 2 aliphatic rings. The first-order valence-electron chi connectivity index (χ1n) is 31.0. The minimum atomic E-state index is -4.09. The Morgan fingerprint density at radius 2 is 0.956 bits per heavy atom. The fraction of sp³-hybridized carbons (Fsp3) is 0.857. The minimum absolute atomic E-state index is 0.00661. The summed E-state index contributed by atoms with van der Waals surface area (Å²) in [7, 11) is -3.03. The van der Waals surface area contributed by atoms with Crippen molar-refractivity contribution < 1.29 is 121 Å². The van der Waals surface area contributed by atoms with Crippen LogP contribution in [0.25, 0.3) is 0 Å². The summed E-state index contributed by atoms with van der Waals surface area (Å²) in [5.41, 5.74) is 0. The predicted molar refractivity (Wildman–Crippen MR) is 318 cm³/mol. The van der Waals surface area contributed by atoms with Crippen molar-refractivity contribution in [2.75, 3.05) is 106 Å². The predicted octanol–water partition coefficient (Wildman–Crippen LogP) is -3.60. The van der Waals surface area contributed by atoms with Gasteiger partial charge in [-0.05, 0) is 38.5 Å². The number of amides is 8. The average molecular weight is 1320 g/mol. The number of hydrogen-bond acceptors (Lipinski definition) is 24. The van der Waals surface area contributed by atoms with Crippen molar-refractivity contribution in [3.05, 3.63) is 0 Å². The van der Waals surface area contributed by atoms with Gasteiger partial charge in [0, 0.05) is 85.3 Å². The van der Waals surface area contributed by atoms with Gasteiger partial charge in [0.05, 0.1) is 66.0 Å². The number of carbonyl (C=O) groups is 8. The van der Waals surface area contributed by atoms with E-state index in [0.717, 1.165) is 64.9 Å². The number of nitrogens with one attached hydrogen (secondary N) is 8. The van der Waals surface area contributed by atoms with Crippen LogP contribution in [0.2, 0.25) is 0 Å². The van der Waals surface area contributed by atoms with Crippen molar-refractivity contribution in [1.29, 1.82) is 0 Å². The lowest BCUT2D eigenvalue weighted by molar-refractivity contribution is -0.272. The van der Waals surface area contributed by atoms with Crippen LogP contribution in [0, 0.1) is 5.92 Å². The Labute approximate surface area is 525 Å². The maximum Gasteiger partial charge on any atom is 0.471 e. The molecular formula is C56H103N8O25P. The smallest absolute Gasteiger partial charge is 0.396 e. The van der Waals surface area contributed by atoms with Crippen LogP contribution in [-0.2, 0) is 80.4 Å². The van der Waals surface area contributed by atoms with Crippen molar-refractivity contribution in [3.8, 4) is 0 Å². The Morgan fingerprint density at radius 3 is 1.46 bits per heavy atom. The second-order valence-corrected chi connectivity index (χ2v) is 23.4. The summed E-state index contributed by atoms with van der Waals surface area (Å²) in [6, 6.07) is -3.48. The van der Waals surface area contributed by atoms with E-state index in [4.69, 9.17) is 32.9 Å². The maximum absolute atomic E-state index is 13.4. The van der Waals surface area contributed by atoms with Crippen LogP contribution < -0.4 is 42.5 Å². The first-order valence-corrected chi connectivity index (χ1v) is 32.5. The zero-order valence-electron chi connectivity index (χ0n) is 52.2. The fourth-order valence-corrected chi connectivity index (χ4v) is 9.88. The molecule has 33 nitrogen and oxygen atoms in total. The Balaban J connectivity index is 1.71. The maximum atomic E-state index is 13.4. The SMILES string of the molecule is COP(=O)(O)OCC(CO)CCCCNC(=O)CCCCCCCCCCCNC(=O)CCCC(=O)N[C@@H](CCC(=O)NCC(=O)NCCOCCOC1OC(CO)C(O)C(O)C1NC(C)=O)C(=O)NCCOCCOC1OC(CO)C(O)C(O)C1NC(C)=O. The van der Waals surface area contributed by atoms with Gasteiger partial charge in [0.25, 0.3) is 0 Å². The number of ether oxygens (including phenoxy) is 6. The standard InChI is InChI=1S/C56H103N8O25P/c1-37(68)62-48-52(77)50(75)41(34-66)88-55(48)85-30-28-83-26-24-59-47(74)32-61-45(72)21-20-40(54(79)60-25-27-84-29-31-86-56-49(63-38(2)69)53(78)51(76)42(35-67)89-56)64-46(73)19-15-18-44(71)57-22-13-10-8-6-4-5-7-9-11-17-43(70)58-23-14-12-16-39(33-65)36-87-90(80,81)82-3/h39-42,48-53,55-56,65-67,75-78H,4-36H2,1-3H3,(H,57,71)(H,58,70)(H,59,74)(H,60,79)(H,61,72)(H,62,68)(H,63,69)(H,64,73)(H,80,81)/t39?,40-,41?,42?,48?,49?,50?,51?,52?,53?,55?,56?/m0/s1. The number of aliphatic hydroxyl groups is 7. The highest BCUT2D eigenvalue weighted by Gasteiger charge is 2.46. The van der Waals surface area contributed by atoms with E-state index in [9.17, 15) is 83.6 Å². The molecule has 90 heavy (non-hydrogen) atoms. The topological polar surface area (TPSA) is 486 Å². The summed E-state index contributed by atoms with van der Waals surface area (Å²) in [5, 5.41) is 90.7. The Kier molecular flexibility index (Phi) is 43.5. The summed E-state index contributed by atoms with van der Waals surface area (Å²) in [6.07, 6.45) is 0.0606. The lowest BCUT2D eigenvalue weighted by Crippen LogP contribution is -2.64. The van der Waals surface area contributed by atoms with Gasteiger partial charge in [-0.1, -0.05) is 51.4 Å². The van der Waals surface area contributed by atoms with E-state index in [-0.39, 0.29) is 116 Å². The molecule has 0 saturated carbocycles. The van der Waals surface area contributed by atoms with E-state index in [0.29, 0.717) is 38.8 Å². The average Bonchev–Trinajstić information content (AvgIpc) is 0.927. The third kappa shape index (κ3) is 36.0. The molecule has 34 heteroatoms. The molecular weight excluding hydrogens is 1220 g/mol. The van der Waals surface area contributed by atoms with Crippen molar-refractivity contribution in [2.24, 2.45) is 5.92 Å². The van der Waals surface area contributed by atoms with E-state index in [1.54, 1.807) is 0 Å². The van der Waals surface area contributed by atoms with E-state index in [2.05, 4.69) is 47.1 Å². The number of unbranched alkanes of at least 4 members (excludes halogenated alkanes) is 9. The third-order valence-electron chi connectivity index (χ3n) is 14.4. The zero-order valence-corrected chi connectivity index (χ0v) is 53.1. The summed E-state index contributed by atoms with van der Waals surface area (Å²) in [5.74, 6) is -3.95. The first kappa shape index (κ1) is 81.4. The molecule has 0 aliphatic carbocycles. The molecule has 2 aliphatic heterocycles. The highest BCUT2D eigenvalue weighted by atomic mass is 31.2. The number of phosphoric acid groups is 1. The second kappa shape index (κ2) is 48.1. The van der Waals surface area contributed by atoms with Gasteiger partial charge in [-0.2, -0.15) is 0 Å². The van der Waals surface area contributed by atoms with Crippen LogP contribution in [0.15, 0.2) is 0 Å². The Hall–Kier alpha value is -4.65. The van der Waals surface area contributed by atoms with Crippen LogP contribution in [0.4, 0.5) is 0 Å². The van der Waals surface area contributed by atoms with Crippen LogP contribution in [0.1, 0.15) is 129 Å². The molecule has 12 unspecified atom stereocenters. The molecule has 8 amide bonds. The largest absolute Gasteiger partial charge is 0.471 e. The lowest BCUT2D eigenvalue weighted by atomic mass is 9.97. The highest BCUT2D eigenvalue weighted by molar-refractivity contribution is 7.47. The van der Waals surface area contributed by atoms with Crippen LogP contribution in [-0.4, -0.2) is 261 Å². The number of aliphatic hydroxyl groups excluding tert-OH is 7. The van der Waals surface area contributed by atoms with E-state index in [1.807, 2.05) is 0 Å². The molecule has 0 spiro atoms. The zero-order chi connectivity index (χ0) is 66.7. The van der Waals surface area contributed by atoms with Crippen molar-refractivity contribution >= 4 is 55.1 Å². The summed E-state index contributed by atoms with van der Waals surface area (Å²) in [4.78, 5) is 109. The second-order valence-electron chi connectivity index (χ2n) is 21.9. The molecule has 0 radical (unpaired) electrons. The van der Waals surface area contributed by atoms with Gasteiger partial charge >= 0.3 is 7.82 Å². The van der Waals surface area contributed by atoms with Gasteiger partial charge < -0.3 is 112 Å². The molecule has 13 atom stereocenters. The van der Waals surface area contributed by atoms with Gasteiger partial charge in [-0.3, -0.25) is 47.4 Å². The Morgan fingerprint density at radius 1 is 0.500 bits per heavy atom. The summed E-state index contributed by atoms with van der Waals surface area (Å²) in [6.45, 7) is 1.14. The van der Waals surface area contributed by atoms with Gasteiger partial charge in [-0.25, -0.2) is 4.57 Å². The molecule has 2 rings (SSSR count). The molecule has 2 saturated heterocycles. The van der Waals surface area contributed by atoms with E-state index in [1.165, 1.54) is 13.8 Å². The molecule has 0 aromatic heterocycles. The quantitative estimate of drug-likeness (QED) is 0.0207. The third-order valence-corrected chi connectivity index (χ3v) is 15.4. The number of hydrogen-bond donors (Lipinski definition) is 16. The highest BCUT2D eigenvalue weighted by Crippen LogP contribution is 2.42. The molecule has 16 N–H and O–H groups in total. The van der Waals surface area contributed by atoms with Crippen LogP contribution in [0.5, 0.6) is 0 Å². The van der Waals surface area contributed by atoms with Crippen LogP contribution >= 0.6 is 7.82 Å². The number of phosphoric ester groups is 1. The number of rotatable bonds is 51. The van der Waals surface area contributed by atoms with E-state index >= 15 is 0 Å². The van der Waals surface area contributed by atoms with Gasteiger partial charge in [0.1, 0.15) is 54.7 Å². The molecule has 0 aromatic rings. The molecule has 0 aromatic carbocycles. The molecule has 522 valence electrons. The molecule has 0 bridgehead atoms. The summed E-state index contributed by atoms with van der Waals surface area (Å²) >= 11 is 0. The van der Waals surface area contributed by atoms with Crippen molar-refractivity contribution in [2.45, 2.75) is 197 Å². The van der Waals surface area contributed by atoms with Crippen molar-refractivity contribution in [1.82, 2.24) is 42.5 Å². The normalized spacial score (nSPS) is 22.9. The van der Waals surface area contributed by atoms with Gasteiger partial charge in [-0.15, -0.1) is 0 Å². The van der Waals surface area contributed by atoms with Gasteiger partial charge in [0.15, 0.2) is 12.6 Å². The van der Waals surface area contributed by atoms with E-state index < -0.39 is 130 Å². The van der Waals surface area contributed by atoms with Crippen LogP contribution in [0.3, 0.4) is 0 Å². The molecule has 2 heterocycles.